The minimum absolute atomic E-state index is 0. The number of hydrogen-bond donors (Lipinski definition) is 1. The highest BCUT2D eigenvalue weighted by Crippen LogP contribution is 2.21. The van der Waals surface area contributed by atoms with Gasteiger partial charge in [0.2, 0.25) is 0 Å². The van der Waals surface area contributed by atoms with Gasteiger partial charge in [-0.25, -0.2) is 4.39 Å². The third-order valence-electron chi connectivity index (χ3n) is 5.34. The number of nitrogens with one attached hydrogen (secondary N) is 1. The van der Waals surface area contributed by atoms with E-state index in [0.29, 0.717) is 23.7 Å². The molecule has 2 aromatic heterocycles. The molecule has 7 nitrogen and oxygen atoms in total. The smallest absolute Gasteiger partial charge is 0.193 e. The van der Waals surface area contributed by atoms with Gasteiger partial charge in [0.25, 0.3) is 0 Å². The van der Waals surface area contributed by atoms with E-state index in [0.717, 1.165) is 50.0 Å². The van der Waals surface area contributed by atoms with Gasteiger partial charge in [-0.3, -0.25) is 14.3 Å². The van der Waals surface area contributed by atoms with E-state index in [1.165, 1.54) is 6.07 Å². The molecule has 0 radical (unpaired) electrons. The molecule has 3 aromatic rings. The van der Waals surface area contributed by atoms with Gasteiger partial charge < -0.3 is 10.2 Å². The molecule has 1 aliphatic heterocycles. The van der Waals surface area contributed by atoms with E-state index >= 15 is 0 Å². The molecule has 1 saturated heterocycles. The van der Waals surface area contributed by atoms with Gasteiger partial charge in [0.05, 0.1) is 0 Å². The SMILES string of the molecule is CN=C(NCCc1nnc2ccccn12)N1CCN(Cc2c(F)cccc2Cl)CC1.I. The number of piperazine rings is 1. The Hall–Kier alpha value is -1.98. The minimum Gasteiger partial charge on any atom is -0.356 e. The van der Waals surface area contributed by atoms with Crippen molar-refractivity contribution >= 4 is 47.2 Å². The van der Waals surface area contributed by atoms with Crippen molar-refractivity contribution in [1.29, 1.82) is 0 Å². The lowest BCUT2D eigenvalue weighted by molar-refractivity contribution is 0.171. The number of fused-ring (bicyclic) bond motifs is 1. The summed E-state index contributed by atoms with van der Waals surface area (Å²) in [7, 11) is 1.79. The van der Waals surface area contributed by atoms with Crippen LogP contribution in [0.5, 0.6) is 0 Å². The first-order valence-electron chi connectivity index (χ1n) is 10.0. The number of guanidine groups is 1. The fourth-order valence-electron chi connectivity index (χ4n) is 3.70. The summed E-state index contributed by atoms with van der Waals surface area (Å²) in [5.41, 5.74) is 1.42. The van der Waals surface area contributed by atoms with Gasteiger partial charge in [-0.05, 0) is 24.3 Å². The largest absolute Gasteiger partial charge is 0.356 e. The predicted molar refractivity (Wildman–Crippen MR) is 132 cm³/mol. The van der Waals surface area contributed by atoms with Crippen LogP contribution in [-0.2, 0) is 13.0 Å². The van der Waals surface area contributed by atoms with E-state index in [1.807, 2.05) is 28.8 Å². The summed E-state index contributed by atoms with van der Waals surface area (Å²) in [5.74, 6) is 1.54. The van der Waals surface area contributed by atoms with Gasteiger partial charge >= 0.3 is 0 Å². The first kappa shape index (κ1) is 23.7. The lowest BCUT2D eigenvalue weighted by atomic mass is 10.2. The zero-order chi connectivity index (χ0) is 20.9. The molecule has 0 saturated carbocycles. The fourth-order valence-corrected chi connectivity index (χ4v) is 3.93. The molecule has 0 spiro atoms. The molecule has 0 amide bonds. The van der Waals surface area contributed by atoms with E-state index in [-0.39, 0.29) is 29.8 Å². The van der Waals surface area contributed by atoms with Crippen molar-refractivity contribution in [2.75, 3.05) is 39.8 Å². The van der Waals surface area contributed by atoms with Crippen LogP contribution in [0.1, 0.15) is 11.4 Å². The number of aromatic nitrogens is 3. The molecular weight excluding hydrogens is 532 g/mol. The van der Waals surface area contributed by atoms with Crippen LogP contribution in [-0.4, -0.2) is 70.1 Å². The van der Waals surface area contributed by atoms with Crippen molar-refractivity contribution in [3.05, 3.63) is 64.8 Å². The number of pyridine rings is 1. The van der Waals surface area contributed by atoms with Gasteiger partial charge in [-0.15, -0.1) is 34.2 Å². The van der Waals surface area contributed by atoms with Crippen LogP contribution in [0.3, 0.4) is 0 Å². The van der Waals surface area contributed by atoms with E-state index in [9.17, 15) is 4.39 Å². The highest BCUT2D eigenvalue weighted by atomic mass is 127. The maximum absolute atomic E-state index is 14.1. The van der Waals surface area contributed by atoms with Crippen LogP contribution in [0.4, 0.5) is 4.39 Å². The lowest BCUT2D eigenvalue weighted by Gasteiger charge is -2.36. The maximum Gasteiger partial charge on any atom is 0.193 e. The number of rotatable bonds is 5. The Morgan fingerprint density at radius 3 is 2.68 bits per heavy atom. The molecule has 1 N–H and O–H groups in total. The average Bonchev–Trinajstić information content (AvgIpc) is 3.18. The number of aliphatic imine (C=N–C) groups is 1. The monoisotopic (exact) mass is 557 g/mol. The fraction of sp³-hybridized carbons (Fsp3) is 0.381. The van der Waals surface area contributed by atoms with E-state index in [1.54, 1.807) is 19.2 Å². The summed E-state index contributed by atoms with van der Waals surface area (Å²) < 4.78 is 16.1. The number of halogens is 3. The van der Waals surface area contributed by atoms with E-state index in [2.05, 4.69) is 30.3 Å². The van der Waals surface area contributed by atoms with Crippen LogP contribution in [0.2, 0.25) is 5.02 Å². The summed E-state index contributed by atoms with van der Waals surface area (Å²) >= 11 is 6.17. The summed E-state index contributed by atoms with van der Waals surface area (Å²) in [5, 5.41) is 12.4. The van der Waals surface area contributed by atoms with Gasteiger partial charge in [0, 0.05) is 69.5 Å². The molecule has 4 rings (SSSR count). The Balaban J connectivity index is 0.00000272. The zero-order valence-electron chi connectivity index (χ0n) is 17.3. The Labute approximate surface area is 203 Å². The van der Waals surface area contributed by atoms with Gasteiger partial charge in [0.1, 0.15) is 11.6 Å². The second kappa shape index (κ2) is 11.1. The van der Waals surface area contributed by atoms with Gasteiger partial charge in [-0.1, -0.05) is 23.7 Å². The lowest BCUT2D eigenvalue weighted by Crippen LogP contribution is -2.52. The highest BCUT2D eigenvalue weighted by molar-refractivity contribution is 14.0. The Kier molecular flexibility index (Phi) is 8.44. The minimum atomic E-state index is -0.247. The number of benzene rings is 1. The first-order chi connectivity index (χ1) is 14.7. The third-order valence-corrected chi connectivity index (χ3v) is 5.70. The predicted octanol–water partition coefficient (Wildman–Crippen LogP) is 3.08. The zero-order valence-corrected chi connectivity index (χ0v) is 20.4. The van der Waals surface area contributed by atoms with Crippen molar-refractivity contribution < 1.29 is 4.39 Å². The van der Waals surface area contributed by atoms with Gasteiger partial charge in [-0.2, -0.15) is 0 Å². The second-order valence-electron chi connectivity index (χ2n) is 7.23. The normalized spacial score (nSPS) is 15.2. The number of nitrogens with zero attached hydrogens (tertiary/aromatic N) is 6. The molecule has 0 atom stereocenters. The van der Waals surface area contributed by atoms with E-state index in [4.69, 9.17) is 11.6 Å². The van der Waals surface area contributed by atoms with Crippen LogP contribution in [0, 0.1) is 5.82 Å². The molecule has 0 aliphatic carbocycles. The van der Waals surface area contributed by atoms with Crippen molar-refractivity contribution in [2.24, 2.45) is 4.99 Å². The summed E-state index contributed by atoms with van der Waals surface area (Å²) in [4.78, 5) is 8.86. The molecule has 1 aliphatic rings. The van der Waals surface area contributed by atoms with Crippen molar-refractivity contribution in [3.8, 4) is 0 Å². The summed E-state index contributed by atoms with van der Waals surface area (Å²) in [6.45, 7) is 4.51. The number of hydrogen-bond acceptors (Lipinski definition) is 4. The van der Waals surface area contributed by atoms with Crippen molar-refractivity contribution in [3.63, 3.8) is 0 Å². The Morgan fingerprint density at radius 1 is 1.13 bits per heavy atom. The van der Waals surface area contributed by atoms with Crippen molar-refractivity contribution in [2.45, 2.75) is 13.0 Å². The molecule has 1 fully saturated rings. The van der Waals surface area contributed by atoms with Crippen LogP contribution >= 0.6 is 35.6 Å². The van der Waals surface area contributed by atoms with Crippen LogP contribution < -0.4 is 5.32 Å². The highest BCUT2D eigenvalue weighted by Gasteiger charge is 2.21. The van der Waals surface area contributed by atoms with E-state index < -0.39 is 0 Å². The molecule has 0 unspecified atom stereocenters. The van der Waals surface area contributed by atoms with Crippen LogP contribution in [0.15, 0.2) is 47.6 Å². The standard InChI is InChI=1S/C21H25ClFN7.HI/c1-24-21(25-9-8-20-27-26-19-7-2-3-10-30(19)20)29-13-11-28(12-14-29)15-16-17(22)5-4-6-18(16)23;/h2-7,10H,8-9,11-15H2,1H3,(H,24,25);1H. The topological polar surface area (TPSA) is 61.1 Å². The molecule has 0 bridgehead atoms. The molecular formula is C21H26ClFIN7. The molecule has 10 heteroatoms. The molecule has 1 aromatic carbocycles. The first-order valence-corrected chi connectivity index (χ1v) is 10.4. The quantitative estimate of drug-likeness (QED) is 0.297. The molecule has 3 heterocycles. The maximum atomic E-state index is 14.1. The average molecular weight is 558 g/mol. The Bertz CT molecular complexity index is 1010. The Morgan fingerprint density at radius 2 is 1.94 bits per heavy atom. The van der Waals surface area contributed by atoms with Crippen LogP contribution in [0.25, 0.3) is 5.65 Å². The molecule has 166 valence electrons. The van der Waals surface area contributed by atoms with Gasteiger partial charge in [0.15, 0.2) is 11.6 Å². The summed E-state index contributed by atoms with van der Waals surface area (Å²) in [6, 6.07) is 10.7. The second-order valence-corrected chi connectivity index (χ2v) is 7.64. The summed E-state index contributed by atoms with van der Waals surface area (Å²) in [6.07, 6.45) is 2.72. The van der Waals surface area contributed by atoms with Crippen molar-refractivity contribution in [1.82, 2.24) is 29.7 Å². The molecule has 31 heavy (non-hydrogen) atoms. The third kappa shape index (κ3) is 5.64.